The van der Waals surface area contributed by atoms with Crippen molar-refractivity contribution in [3.05, 3.63) is 35.9 Å². The van der Waals surface area contributed by atoms with Gasteiger partial charge < -0.3 is 15.1 Å². The fourth-order valence-electron chi connectivity index (χ4n) is 3.13. The molecular weight excluding hydrogens is 266 g/mol. The molecule has 1 aromatic carbocycles. The molecular formula is C17H25NO3. The van der Waals surface area contributed by atoms with Gasteiger partial charge in [-0.25, -0.2) is 4.79 Å². The molecule has 0 radical (unpaired) electrons. The number of hydrogen-bond donors (Lipinski definition) is 2. The molecule has 116 valence electrons. The van der Waals surface area contributed by atoms with Crippen molar-refractivity contribution >= 4 is 6.09 Å². The van der Waals surface area contributed by atoms with Gasteiger partial charge in [-0.3, -0.25) is 0 Å². The maximum absolute atomic E-state index is 11.6. The van der Waals surface area contributed by atoms with E-state index in [2.05, 4.69) is 0 Å². The lowest BCUT2D eigenvalue weighted by Gasteiger charge is -2.31. The van der Waals surface area contributed by atoms with E-state index in [-0.39, 0.29) is 23.4 Å². The first-order valence-corrected chi connectivity index (χ1v) is 7.43. The fourth-order valence-corrected chi connectivity index (χ4v) is 3.13. The molecule has 2 rings (SSSR count). The number of nitrogens with zero attached hydrogens (tertiary/aromatic N) is 1. The highest BCUT2D eigenvalue weighted by Crippen LogP contribution is 2.54. The molecule has 1 aromatic rings. The summed E-state index contributed by atoms with van der Waals surface area (Å²) in [6.07, 6.45) is -0.0367. The van der Waals surface area contributed by atoms with Gasteiger partial charge in [-0.15, -0.1) is 0 Å². The van der Waals surface area contributed by atoms with E-state index >= 15 is 0 Å². The molecule has 1 fully saturated rings. The molecule has 1 saturated carbocycles. The molecule has 0 spiro atoms. The molecule has 4 heteroatoms. The SMILES string of the molecule is CC(C)(C)CN(C[C@@]1(c2ccccc2)C[C@H]1CO)C(=O)O. The van der Waals surface area contributed by atoms with Crippen molar-refractivity contribution in [2.24, 2.45) is 11.3 Å². The molecule has 1 amide bonds. The summed E-state index contributed by atoms with van der Waals surface area (Å²) in [5.74, 6) is 0.154. The zero-order valence-corrected chi connectivity index (χ0v) is 13.0. The third-order valence-corrected chi connectivity index (χ3v) is 4.21. The van der Waals surface area contributed by atoms with Crippen molar-refractivity contribution in [2.45, 2.75) is 32.6 Å². The minimum absolute atomic E-state index is 0.0835. The van der Waals surface area contributed by atoms with Gasteiger partial charge in [-0.05, 0) is 23.3 Å². The maximum atomic E-state index is 11.6. The topological polar surface area (TPSA) is 60.8 Å². The highest BCUT2D eigenvalue weighted by molar-refractivity contribution is 5.65. The molecule has 1 aliphatic rings. The number of carboxylic acid groups (broad SMARTS) is 1. The number of aliphatic hydroxyl groups excluding tert-OH is 1. The van der Waals surface area contributed by atoms with Crippen molar-refractivity contribution in [2.75, 3.05) is 19.7 Å². The lowest BCUT2D eigenvalue weighted by atomic mass is 9.90. The summed E-state index contributed by atoms with van der Waals surface area (Å²) in [6, 6.07) is 9.97. The smallest absolute Gasteiger partial charge is 0.407 e. The third kappa shape index (κ3) is 3.56. The Balaban J connectivity index is 2.22. The highest BCUT2D eigenvalue weighted by Gasteiger charge is 2.56. The van der Waals surface area contributed by atoms with E-state index in [0.717, 1.165) is 12.0 Å². The van der Waals surface area contributed by atoms with Gasteiger partial charge in [0.15, 0.2) is 0 Å². The van der Waals surface area contributed by atoms with Gasteiger partial charge in [-0.1, -0.05) is 51.1 Å². The molecule has 21 heavy (non-hydrogen) atoms. The molecule has 2 N–H and O–H groups in total. The summed E-state index contributed by atoms with van der Waals surface area (Å²) in [5.41, 5.74) is 0.823. The predicted molar refractivity (Wildman–Crippen MR) is 82.4 cm³/mol. The summed E-state index contributed by atoms with van der Waals surface area (Å²) in [4.78, 5) is 13.1. The Morgan fingerprint density at radius 1 is 1.33 bits per heavy atom. The lowest BCUT2D eigenvalue weighted by molar-refractivity contribution is 0.117. The van der Waals surface area contributed by atoms with E-state index in [9.17, 15) is 15.0 Å². The van der Waals surface area contributed by atoms with Crippen molar-refractivity contribution in [1.82, 2.24) is 4.90 Å². The van der Waals surface area contributed by atoms with Crippen LogP contribution in [0.1, 0.15) is 32.8 Å². The number of benzene rings is 1. The minimum atomic E-state index is -0.885. The second-order valence-corrected chi connectivity index (χ2v) is 7.31. The van der Waals surface area contributed by atoms with Gasteiger partial charge >= 0.3 is 6.09 Å². The Morgan fingerprint density at radius 3 is 2.38 bits per heavy atom. The summed E-state index contributed by atoms with van der Waals surface area (Å²) in [7, 11) is 0. The maximum Gasteiger partial charge on any atom is 0.407 e. The van der Waals surface area contributed by atoms with Crippen molar-refractivity contribution in [3.63, 3.8) is 0 Å². The standard InChI is InChI=1S/C17H25NO3/c1-16(2,3)11-18(15(20)21)12-17(9-14(17)10-19)13-7-5-4-6-8-13/h4-8,14,19H,9-12H2,1-3H3,(H,20,21)/t14-,17+/m0/s1. The van der Waals surface area contributed by atoms with Gasteiger partial charge in [0.2, 0.25) is 0 Å². The monoisotopic (exact) mass is 291 g/mol. The fraction of sp³-hybridized carbons (Fsp3) is 0.588. The van der Waals surface area contributed by atoms with Crippen LogP contribution in [0.2, 0.25) is 0 Å². The first-order valence-electron chi connectivity index (χ1n) is 7.43. The van der Waals surface area contributed by atoms with E-state index < -0.39 is 6.09 Å². The Morgan fingerprint density at radius 2 is 1.95 bits per heavy atom. The Bertz CT molecular complexity index is 495. The van der Waals surface area contributed by atoms with Crippen LogP contribution in [0.15, 0.2) is 30.3 Å². The second kappa shape index (κ2) is 5.68. The van der Waals surface area contributed by atoms with Crippen LogP contribution in [0.5, 0.6) is 0 Å². The van der Waals surface area contributed by atoms with Crippen molar-refractivity contribution < 1.29 is 15.0 Å². The van der Waals surface area contributed by atoms with Crippen LogP contribution < -0.4 is 0 Å². The summed E-state index contributed by atoms with van der Waals surface area (Å²) >= 11 is 0. The van der Waals surface area contributed by atoms with Gasteiger partial charge in [-0.2, -0.15) is 0 Å². The van der Waals surface area contributed by atoms with Crippen LogP contribution in [-0.2, 0) is 5.41 Å². The summed E-state index contributed by atoms with van der Waals surface area (Å²) in [5, 5.41) is 19.0. The first kappa shape index (κ1) is 15.8. The summed E-state index contributed by atoms with van der Waals surface area (Å²) in [6.45, 7) is 7.17. The van der Waals surface area contributed by atoms with E-state index in [1.807, 2.05) is 51.1 Å². The highest BCUT2D eigenvalue weighted by atomic mass is 16.4. The van der Waals surface area contributed by atoms with Gasteiger partial charge in [0.25, 0.3) is 0 Å². The van der Waals surface area contributed by atoms with Gasteiger partial charge in [0.1, 0.15) is 0 Å². The van der Waals surface area contributed by atoms with Crippen LogP contribution in [-0.4, -0.2) is 40.9 Å². The molecule has 0 aromatic heterocycles. The van der Waals surface area contributed by atoms with Crippen molar-refractivity contribution in [3.8, 4) is 0 Å². The second-order valence-electron chi connectivity index (χ2n) is 7.31. The van der Waals surface area contributed by atoms with Gasteiger partial charge in [0, 0.05) is 25.1 Å². The largest absolute Gasteiger partial charge is 0.465 e. The van der Waals surface area contributed by atoms with Crippen LogP contribution in [0.3, 0.4) is 0 Å². The first-order chi connectivity index (χ1) is 9.78. The molecule has 0 aliphatic heterocycles. The van der Waals surface area contributed by atoms with E-state index in [0.29, 0.717) is 13.1 Å². The molecule has 0 unspecified atom stereocenters. The number of rotatable bonds is 5. The molecule has 0 bridgehead atoms. The Kier molecular flexibility index (Phi) is 4.28. The zero-order valence-electron chi connectivity index (χ0n) is 13.0. The third-order valence-electron chi connectivity index (χ3n) is 4.21. The minimum Gasteiger partial charge on any atom is -0.465 e. The Hall–Kier alpha value is -1.55. The molecule has 0 saturated heterocycles. The summed E-state index contributed by atoms with van der Waals surface area (Å²) < 4.78 is 0. The van der Waals surface area contributed by atoms with E-state index in [1.165, 1.54) is 4.90 Å². The van der Waals surface area contributed by atoms with Crippen LogP contribution in [0, 0.1) is 11.3 Å². The quantitative estimate of drug-likeness (QED) is 0.876. The normalized spacial score (nSPS) is 24.7. The number of hydrogen-bond acceptors (Lipinski definition) is 2. The molecule has 4 nitrogen and oxygen atoms in total. The number of aliphatic hydroxyl groups is 1. The van der Waals surface area contributed by atoms with E-state index in [4.69, 9.17) is 0 Å². The molecule has 0 heterocycles. The van der Waals surface area contributed by atoms with Gasteiger partial charge in [0.05, 0.1) is 0 Å². The lowest BCUT2D eigenvalue weighted by Crippen LogP contribution is -2.42. The van der Waals surface area contributed by atoms with E-state index in [1.54, 1.807) is 0 Å². The van der Waals surface area contributed by atoms with Crippen LogP contribution >= 0.6 is 0 Å². The average Bonchev–Trinajstić information content (AvgIpc) is 3.12. The number of amides is 1. The van der Waals surface area contributed by atoms with Crippen LogP contribution in [0.25, 0.3) is 0 Å². The number of carbonyl (C=O) groups is 1. The van der Waals surface area contributed by atoms with Crippen LogP contribution in [0.4, 0.5) is 4.79 Å². The Labute approximate surface area is 126 Å². The average molecular weight is 291 g/mol. The predicted octanol–water partition coefficient (Wildman–Crippen LogP) is 2.96. The zero-order chi connectivity index (χ0) is 15.7. The molecule has 2 atom stereocenters. The molecule has 1 aliphatic carbocycles. The van der Waals surface area contributed by atoms with Crippen molar-refractivity contribution in [1.29, 1.82) is 0 Å².